The van der Waals surface area contributed by atoms with Crippen molar-refractivity contribution in [3.8, 4) is 0 Å². The summed E-state index contributed by atoms with van der Waals surface area (Å²) in [7, 11) is 0. The van der Waals surface area contributed by atoms with Crippen molar-refractivity contribution in [2.45, 2.75) is 45.8 Å². The Morgan fingerprint density at radius 1 is 1.50 bits per heavy atom. The lowest BCUT2D eigenvalue weighted by Gasteiger charge is -2.11. The van der Waals surface area contributed by atoms with E-state index in [1.54, 1.807) is 0 Å². The third-order valence-corrected chi connectivity index (χ3v) is 3.33. The van der Waals surface area contributed by atoms with Crippen LogP contribution in [0.3, 0.4) is 0 Å². The molecule has 1 atom stereocenters. The largest absolute Gasteiger partial charge is 0.376 e. The number of aryl methyl sites for hydroxylation is 1. The van der Waals surface area contributed by atoms with Crippen LogP contribution in [0.1, 0.15) is 29.8 Å². The molecule has 2 heterocycles. The minimum Gasteiger partial charge on any atom is -0.376 e. The van der Waals surface area contributed by atoms with Crippen molar-refractivity contribution in [2.24, 2.45) is 5.73 Å². The van der Waals surface area contributed by atoms with Gasteiger partial charge >= 0.3 is 0 Å². The Labute approximate surface area is 96.8 Å². The molecule has 1 unspecified atom stereocenters. The van der Waals surface area contributed by atoms with Crippen LogP contribution in [0.4, 0.5) is 0 Å². The molecule has 16 heavy (non-hydrogen) atoms. The van der Waals surface area contributed by atoms with Crippen molar-refractivity contribution in [1.82, 2.24) is 9.78 Å². The SMILES string of the molecule is Cc1nn(CC2CCCO2)c(C)c1CCN. The summed E-state index contributed by atoms with van der Waals surface area (Å²) in [4.78, 5) is 0. The van der Waals surface area contributed by atoms with Crippen LogP contribution in [-0.4, -0.2) is 29.0 Å². The van der Waals surface area contributed by atoms with E-state index in [1.165, 1.54) is 17.7 Å². The summed E-state index contributed by atoms with van der Waals surface area (Å²) >= 11 is 0. The van der Waals surface area contributed by atoms with E-state index < -0.39 is 0 Å². The van der Waals surface area contributed by atoms with Gasteiger partial charge in [-0.1, -0.05) is 0 Å². The van der Waals surface area contributed by atoms with E-state index in [1.807, 2.05) is 0 Å². The normalized spacial score (nSPS) is 20.6. The second kappa shape index (κ2) is 4.97. The average Bonchev–Trinajstić information content (AvgIpc) is 2.84. The summed E-state index contributed by atoms with van der Waals surface area (Å²) in [5.41, 5.74) is 9.28. The third-order valence-electron chi connectivity index (χ3n) is 3.33. The van der Waals surface area contributed by atoms with Gasteiger partial charge < -0.3 is 10.5 Å². The van der Waals surface area contributed by atoms with Gasteiger partial charge in [0.1, 0.15) is 0 Å². The number of aromatic nitrogens is 2. The van der Waals surface area contributed by atoms with E-state index in [-0.39, 0.29) is 0 Å². The van der Waals surface area contributed by atoms with Crippen molar-refractivity contribution in [2.75, 3.05) is 13.2 Å². The van der Waals surface area contributed by atoms with Gasteiger partial charge in [0.05, 0.1) is 18.3 Å². The summed E-state index contributed by atoms with van der Waals surface area (Å²) < 4.78 is 7.72. The summed E-state index contributed by atoms with van der Waals surface area (Å²) in [5, 5.41) is 4.57. The molecule has 2 N–H and O–H groups in total. The van der Waals surface area contributed by atoms with Gasteiger partial charge in [-0.05, 0) is 45.2 Å². The summed E-state index contributed by atoms with van der Waals surface area (Å²) in [6, 6.07) is 0. The Morgan fingerprint density at radius 3 is 2.94 bits per heavy atom. The van der Waals surface area contributed by atoms with Gasteiger partial charge in [0.2, 0.25) is 0 Å². The fourth-order valence-corrected chi connectivity index (χ4v) is 2.40. The Balaban J connectivity index is 2.11. The molecule has 0 spiro atoms. The highest BCUT2D eigenvalue weighted by Crippen LogP contribution is 2.18. The second-order valence-corrected chi connectivity index (χ2v) is 4.51. The summed E-state index contributed by atoms with van der Waals surface area (Å²) in [6.07, 6.45) is 3.61. The van der Waals surface area contributed by atoms with Gasteiger partial charge in [-0.3, -0.25) is 4.68 Å². The molecule has 1 aromatic heterocycles. The van der Waals surface area contributed by atoms with E-state index >= 15 is 0 Å². The molecular weight excluding hydrogens is 202 g/mol. The lowest BCUT2D eigenvalue weighted by Crippen LogP contribution is -2.17. The zero-order valence-corrected chi connectivity index (χ0v) is 10.2. The van der Waals surface area contributed by atoms with Gasteiger partial charge in [-0.2, -0.15) is 5.10 Å². The molecule has 1 aliphatic heterocycles. The highest BCUT2D eigenvalue weighted by molar-refractivity contribution is 5.24. The van der Waals surface area contributed by atoms with E-state index in [4.69, 9.17) is 10.5 Å². The van der Waals surface area contributed by atoms with E-state index in [0.717, 1.165) is 31.7 Å². The minimum absolute atomic E-state index is 0.351. The molecule has 1 aromatic rings. The first-order chi connectivity index (χ1) is 7.72. The van der Waals surface area contributed by atoms with E-state index in [2.05, 4.69) is 23.6 Å². The van der Waals surface area contributed by atoms with Crippen LogP contribution in [0, 0.1) is 13.8 Å². The van der Waals surface area contributed by atoms with Crippen molar-refractivity contribution >= 4 is 0 Å². The van der Waals surface area contributed by atoms with Crippen molar-refractivity contribution in [1.29, 1.82) is 0 Å². The molecule has 0 bridgehead atoms. The first-order valence-electron chi connectivity index (χ1n) is 6.07. The topological polar surface area (TPSA) is 53.1 Å². The molecule has 4 heteroatoms. The molecule has 1 aliphatic rings. The molecule has 0 saturated carbocycles. The van der Waals surface area contributed by atoms with Crippen molar-refractivity contribution < 1.29 is 4.74 Å². The Kier molecular flexibility index (Phi) is 3.61. The molecule has 1 saturated heterocycles. The van der Waals surface area contributed by atoms with E-state index in [9.17, 15) is 0 Å². The number of hydrogen-bond donors (Lipinski definition) is 1. The Hall–Kier alpha value is -0.870. The Bertz CT molecular complexity index is 353. The molecular formula is C12H21N3O. The lowest BCUT2D eigenvalue weighted by atomic mass is 10.1. The zero-order chi connectivity index (χ0) is 11.5. The number of nitrogens with zero attached hydrogens (tertiary/aromatic N) is 2. The van der Waals surface area contributed by atoms with Gasteiger partial charge in [0, 0.05) is 12.3 Å². The lowest BCUT2D eigenvalue weighted by molar-refractivity contribution is 0.0934. The van der Waals surface area contributed by atoms with Crippen LogP contribution in [0.2, 0.25) is 0 Å². The van der Waals surface area contributed by atoms with Gasteiger partial charge in [-0.15, -0.1) is 0 Å². The fourth-order valence-electron chi connectivity index (χ4n) is 2.40. The molecule has 0 amide bonds. The summed E-state index contributed by atoms with van der Waals surface area (Å²) in [5.74, 6) is 0. The van der Waals surface area contributed by atoms with Crippen LogP contribution in [0.15, 0.2) is 0 Å². The molecule has 0 aromatic carbocycles. The molecule has 1 fully saturated rings. The first kappa shape index (κ1) is 11.6. The number of nitrogens with two attached hydrogens (primary N) is 1. The quantitative estimate of drug-likeness (QED) is 0.834. The average molecular weight is 223 g/mol. The maximum Gasteiger partial charge on any atom is 0.0771 e. The predicted molar refractivity (Wildman–Crippen MR) is 63.4 cm³/mol. The van der Waals surface area contributed by atoms with Crippen LogP contribution >= 0.6 is 0 Å². The number of rotatable bonds is 4. The van der Waals surface area contributed by atoms with E-state index in [0.29, 0.717) is 12.6 Å². The summed E-state index contributed by atoms with van der Waals surface area (Å²) in [6.45, 7) is 6.66. The van der Waals surface area contributed by atoms with Gasteiger partial charge in [-0.25, -0.2) is 0 Å². The second-order valence-electron chi connectivity index (χ2n) is 4.51. The standard InChI is InChI=1S/C12H21N3O/c1-9-12(5-6-13)10(2)15(14-9)8-11-4-3-7-16-11/h11H,3-8,13H2,1-2H3. The van der Waals surface area contributed by atoms with Crippen molar-refractivity contribution in [3.63, 3.8) is 0 Å². The smallest absolute Gasteiger partial charge is 0.0771 e. The monoisotopic (exact) mass is 223 g/mol. The van der Waals surface area contributed by atoms with Crippen molar-refractivity contribution in [3.05, 3.63) is 17.0 Å². The van der Waals surface area contributed by atoms with Gasteiger partial charge in [0.15, 0.2) is 0 Å². The molecule has 2 rings (SSSR count). The number of ether oxygens (including phenoxy) is 1. The van der Waals surface area contributed by atoms with Crippen LogP contribution in [0.5, 0.6) is 0 Å². The molecule has 0 aliphatic carbocycles. The van der Waals surface area contributed by atoms with Crippen LogP contribution in [-0.2, 0) is 17.7 Å². The maximum atomic E-state index is 5.64. The van der Waals surface area contributed by atoms with Gasteiger partial charge in [0.25, 0.3) is 0 Å². The van der Waals surface area contributed by atoms with Crippen LogP contribution in [0.25, 0.3) is 0 Å². The van der Waals surface area contributed by atoms with Crippen LogP contribution < -0.4 is 5.73 Å². The highest BCUT2D eigenvalue weighted by atomic mass is 16.5. The maximum absolute atomic E-state index is 5.64. The predicted octanol–water partition coefficient (Wildman–Crippen LogP) is 1.18. The minimum atomic E-state index is 0.351. The zero-order valence-electron chi connectivity index (χ0n) is 10.2. The molecule has 0 radical (unpaired) electrons. The fraction of sp³-hybridized carbons (Fsp3) is 0.750. The Morgan fingerprint density at radius 2 is 2.31 bits per heavy atom. The first-order valence-corrected chi connectivity index (χ1v) is 6.07. The molecule has 4 nitrogen and oxygen atoms in total. The third kappa shape index (κ3) is 2.28. The highest BCUT2D eigenvalue weighted by Gasteiger charge is 2.19. The number of hydrogen-bond acceptors (Lipinski definition) is 3. The molecule has 90 valence electrons.